The van der Waals surface area contributed by atoms with Crippen LogP contribution in [0.2, 0.25) is 5.02 Å². The zero-order valence-corrected chi connectivity index (χ0v) is 15.4. The quantitative estimate of drug-likeness (QED) is 0.431. The molecule has 0 aromatic heterocycles. The number of hydrogen-bond donors (Lipinski definition) is 1. The fraction of sp³-hybridized carbons (Fsp3) is 0.444. The molecule has 0 unspecified atom stereocenters. The number of nitrogens with zero attached hydrogens (tertiary/aromatic N) is 2. The van der Waals surface area contributed by atoms with Gasteiger partial charge >= 0.3 is 17.8 Å². The molecule has 1 aliphatic carbocycles. The van der Waals surface area contributed by atoms with Crippen molar-refractivity contribution in [2.45, 2.75) is 31.7 Å². The number of halogens is 1. The fourth-order valence-corrected chi connectivity index (χ4v) is 3.36. The second-order valence-electron chi connectivity index (χ2n) is 6.44. The number of carbonyl (C=O) groups is 4. The SMILES string of the molecule is O=C(CN1C(=O)C(=O)N(C2CCCC2)C1=O)NCCOc1ccc(Cl)cc1. The Hall–Kier alpha value is -2.61. The number of imide groups is 2. The first-order valence-corrected chi connectivity index (χ1v) is 9.19. The van der Waals surface area contributed by atoms with Crippen LogP contribution in [0, 0.1) is 0 Å². The number of rotatable bonds is 7. The number of ether oxygens (including phenoxy) is 1. The predicted molar refractivity (Wildman–Crippen MR) is 96.2 cm³/mol. The first-order chi connectivity index (χ1) is 13.0. The number of nitrogens with one attached hydrogen (secondary N) is 1. The monoisotopic (exact) mass is 393 g/mol. The van der Waals surface area contributed by atoms with Crippen LogP contribution < -0.4 is 10.1 Å². The Kier molecular flexibility index (Phi) is 5.95. The number of carbonyl (C=O) groups excluding carboxylic acids is 4. The van der Waals surface area contributed by atoms with Crippen molar-refractivity contribution in [3.8, 4) is 5.75 Å². The first kappa shape index (κ1) is 19.2. The molecular formula is C18H20ClN3O5. The van der Waals surface area contributed by atoms with E-state index in [2.05, 4.69) is 5.32 Å². The van der Waals surface area contributed by atoms with Gasteiger partial charge in [-0.25, -0.2) is 9.69 Å². The van der Waals surface area contributed by atoms with Crippen molar-refractivity contribution in [2.24, 2.45) is 0 Å². The van der Waals surface area contributed by atoms with Gasteiger partial charge in [0.15, 0.2) is 0 Å². The maximum absolute atomic E-state index is 12.4. The largest absolute Gasteiger partial charge is 0.492 e. The fourth-order valence-electron chi connectivity index (χ4n) is 3.24. The van der Waals surface area contributed by atoms with E-state index in [1.807, 2.05) is 0 Å². The van der Waals surface area contributed by atoms with Gasteiger partial charge in [-0.3, -0.25) is 19.3 Å². The lowest BCUT2D eigenvalue weighted by Gasteiger charge is -2.20. The minimum absolute atomic E-state index is 0.192. The Labute approximate surface area is 161 Å². The highest BCUT2D eigenvalue weighted by atomic mass is 35.5. The van der Waals surface area contributed by atoms with Gasteiger partial charge < -0.3 is 10.1 Å². The van der Waals surface area contributed by atoms with E-state index in [0.717, 1.165) is 17.7 Å². The van der Waals surface area contributed by atoms with Gasteiger partial charge in [0.25, 0.3) is 0 Å². The standard InChI is InChI=1S/C18H20ClN3O5/c19-12-5-7-14(8-6-12)27-10-9-20-15(23)11-21-16(24)17(25)22(18(21)26)13-3-1-2-4-13/h5-8,13H,1-4,9-11H2,(H,20,23). The van der Waals surface area contributed by atoms with E-state index >= 15 is 0 Å². The Morgan fingerprint density at radius 1 is 1.11 bits per heavy atom. The summed E-state index contributed by atoms with van der Waals surface area (Å²) in [5.74, 6) is -1.71. The molecule has 5 amide bonds. The number of amides is 5. The van der Waals surface area contributed by atoms with E-state index in [9.17, 15) is 19.2 Å². The van der Waals surface area contributed by atoms with Gasteiger partial charge in [-0.2, -0.15) is 0 Å². The number of urea groups is 1. The Morgan fingerprint density at radius 2 is 1.78 bits per heavy atom. The van der Waals surface area contributed by atoms with Crippen molar-refractivity contribution < 1.29 is 23.9 Å². The van der Waals surface area contributed by atoms with Crippen LogP contribution in [-0.2, 0) is 14.4 Å². The van der Waals surface area contributed by atoms with Crippen LogP contribution in [0.15, 0.2) is 24.3 Å². The third-order valence-corrected chi connectivity index (χ3v) is 4.83. The highest BCUT2D eigenvalue weighted by Crippen LogP contribution is 2.27. The average molecular weight is 394 g/mol. The molecule has 1 aliphatic heterocycles. The molecule has 0 radical (unpaired) electrons. The summed E-state index contributed by atoms with van der Waals surface area (Å²) in [6, 6.07) is 5.84. The normalized spacial score (nSPS) is 17.7. The minimum atomic E-state index is -0.945. The highest BCUT2D eigenvalue weighted by molar-refractivity contribution is 6.45. The van der Waals surface area contributed by atoms with Crippen molar-refractivity contribution in [2.75, 3.05) is 19.7 Å². The molecule has 0 spiro atoms. The van der Waals surface area contributed by atoms with Crippen molar-refractivity contribution in [1.29, 1.82) is 0 Å². The summed E-state index contributed by atoms with van der Waals surface area (Å²) in [6.45, 7) is -0.0755. The lowest BCUT2D eigenvalue weighted by atomic mass is 10.2. The van der Waals surface area contributed by atoms with Gasteiger partial charge in [-0.05, 0) is 37.1 Å². The molecule has 1 saturated heterocycles. The number of benzene rings is 1. The van der Waals surface area contributed by atoms with E-state index in [-0.39, 0.29) is 19.2 Å². The van der Waals surface area contributed by atoms with E-state index in [1.165, 1.54) is 0 Å². The van der Waals surface area contributed by atoms with E-state index in [1.54, 1.807) is 24.3 Å². The Morgan fingerprint density at radius 3 is 2.44 bits per heavy atom. The highest BCUT2D eigenvalue weighted by Gasteiger charge is 2.48. The molecule has 2 aliphatic rings. The predicted octanol–water partition coefficient (Wildman–Crippen LogP) is 1.57. The zero-order chi connectivity index (χ0) is 19.4. The molecule has 27 heavy (non-hydrogen) atoms. The van der Waals surface area contributed by atoms with Crippen LogP contribution in [0.3, 0.4) is 0 Å². The third-order valence-electron chi connectivity index (χ3n) is 4.58. The molecule has 1 N–H and O–H groups in total. The summed E-state index contributed by atoms with van der Waals surface area (Å²) in [5.41, 5.74) is 0. The van der Waals surface area contributed by atoms with Crippen LogP contribution in [0.25, 0.3) is 0 Å². The second-order valence-corrected chi connectivity index (χ2v) is 6.88. The summed E-state index contributed by atoms with van der Waals surface area (Å²) in [6.07, 6.45) is 3.24. The van der Waals surface area contributed by atoms with Crippen LogP contribution in [-0.4, -0.2) is 59.3 Å². The van der Waals surface area contributed by atoms with Gasteiger partial charge in [0, 0.05) is 11.1 Å². The van der Waals surface area contributed by atoms with Crippen molar-refractivity contribution >= 4 is 35.4 Å². The molecule has 8 nitrogen and oxygen atoms in total. The van der Waals surface area contributed by atoms with Gasteiger partial charge in [0.1, 0.15) is 18.9 Å². The molecule has 0 atom stereocenters. The minimum Gasteiger partial charge on any atom is -0.492 e. The van der Waals surface area contributed by atoms with Crippen molar-refractivity contribution in [1.82, 2.24) is 15.1 Å². The van der Waals surface area contributed by atoms with Gasteiger partial charge in [0.05, 0.1) is 6.54 Å². The molecule has 9 heteroatoms. The van der Waals surface area contributed by atoms with Crippen LogP contribution in [0.4, 0.5) is 4.79 Å². The van der Waals surface area contributed by atoms with Crippen LogP contribution in [0.5, 0.6) is 5.75 Å². The van der Waals surface area contributed by atoms with E-state index in [0.29, 0.717) is 28.5 Å². The van der Waals surface area contributed by atoms with Crippen molar-refractivity contribution in [3.05, 3.63) is 29.3 Å². The lowest BCUT2D eigenvalue weighted by Crippen LogP contribution is -2.43. The maximum Gasteiger partial charge on any atom is 0.334 e. The molecule has 144 valence electrons. The maximum atomic E-state index is 12.4. The molecule has 1 heterocycles. The average Bonchev–Trinajstić information content (AvgIpc) is 3.24. The van der Waals surface area contributed by atoms with Crippen molar-refractivity contribution in [3.63, 3.8) is 0 Å². The summed E-state index contributed by atoms with van der Waals surface area (Å²) in [4.78, 5) is 50.3. The second kappa shape index (κ2) is 8.39. The first-order valence-electron chi connectivity index (χ1n) is 8.81. The summed E-state index contributed by atoms with van der Waals surface area (Å²) in [7, 11) is 0. The Balaban J connectivity index is 1.45. The smallest absolute Gasteiger partial charge is 0.334 e. The van der Waals surface area contributed by atoms with E-state index in [4.69, 9.17) is 16.3 Å². The van der Waals surface area contributed by atoms with Crippen LogP contribution in [0.1, 0.15) is 25.7 Å². The Bertz CT molecular complexity index is 746. The van der Waals surface area contributed by atoms with Crippen LogP contribution >= 0.6 is 11.6 Å². The van der Waals surface area contributed by atoms with E-state index < -0.39 is 30.3 Å². The molecular weight excluding hydrogens is 374 g/mol. The zero-order valence-electron chi connectivity index (χ0n) is 14.7. The van der Waals surface area contributed by atoms with Gasteiger partial charge in [-0.1, -0.05) is 24.4 Å². The number of hydrogen-bond acceptors (Lipinski definition) is 5. The summed E-state index contributed by atoms with van der Waals surface area (Å²) >= 11 is 5.78. The van der Waals surface area contributed by atoms with Gasteiger partial charge in [0.2, 0.25) is 5.91 Å². The molecule has 1 saturated carbocycles. The molecule has 1 aromatic rings. The van der Waals surface area contributed by atoms with Gasteiger partial charge in [-0.15, -0.1) is 0 Å². The molecule has 2 fully saturated rings. The molecule has 1 aromatic carbocycles. The third kappa shape index (κ3) is 4.39. The topological polar surface area (TPSA) is 96.0 Å². The summed E-state index contributed by atoms with van der Waals surface area (Å²) in [5, 5.41) is 3.16. The molecule has 0 bridgehead atoms. The summed E-state index contributed by atoms with van der Waals surface area (Å²) < 4.78 is 5.44. The molecule has 3 rings (SSSR count). The lowest BCUT2D eigenvalue weighted by molar-refractivity contribution is -0.144.